The molecule has 2 aromatic rings. The molecule has 0 aliphatic carbocycles. The van der Waals surface area contributed by atoms with Crippen LogP contribution in [0.25, 0.3) is 0 Å². The van der Waals surface area contributed by atoms with Crippen molar-refractivity contribution in [3.8, 4) is 0 Å². The van der Waals surface area contributed by atoms with Gasteiger partial charge in [0.05, 0.1) is 4.90 Å². The molecule has 0 amide bonds. The number of benzene rings is 2. The van der Waals surface area contributed by atoms with E-state index in [-0.39, 0.29) is 18.4 Å². The van der Waals surface area contributed by atoms with Gasteiger partial charge in [0.2, 0.25) is 10.0 Å². The Morgan fingerprint density at radius 3 is 2.36 bits per heavy atom. The van der Waals surface area contributed by atoms with Crippen molar-refractivity contribution >= 4 is 10.0 Å². The van der Waals surface area contributed by atoms with E-state index in [0.717, 1.165) is 12.0 Å². The third-order valence-electron chi connectivity index (χ3n) is 5.03. The number of hydrogen-bond acceptors (Lipinski definition) is 3. The first-order valence-corrected chi connectivity index (χ1v) is 10.2. The molecule has 0 aromatic heterocycles. The van der Waals surface area contributed by atoms with Crippen LogP contribution in [0.15, 0.2) is 59.5 Å². The summed E-state index contributed by atoms with van der Waals surface area (Å²) in [7, 11) is -3.48. The minimum Gasteiger partial charge on any atom is -0.396 e. The lowest BCUT2D eigenvalue weighted by atomic mass is 9.86. The maximum absolute atomic E-state index is 13.0. The predicted octanol–water partition coefficient (Wildman–Crippen LogP) is 3.17. The summed E-state index contributed by atoms with van der Waals surface area (Å²) in [5.41, 5.74) is 2.22. The average Bonchev–Trinajstić information content (AvgIpc) is 3.06. The fourth-order valence-corrected chi connectivity index (χ4v) is 5.13. The van der Waals surface area contributed by atoms with Gasteiger partial charge in [-0.25, -0.2) is 8.42 Å². The van der Waals surface area contributed by atoms with Crippen molar-refractivity contribution in [2.45, 2.75) is 30.6 Å². The minimum absolute atomic E-state index is 0.142. The quantitative estimate of drug-likeness (QED) is 0.862. The predicted molar refractivity (Wildman–Crippen MR) is 98.9 cm³/mol. The van der Waals surface area contributed by atoms with Gasteiger partial charge in [-0.15, -0.1) is 0 Å². The summed E-state index contributed by atoms with van der Waals surface area (Å²) in [6, 6.07) is 17.1. The number of aryl methyl sites for hydroxylation is 1. The molecular weight excluding hydrogens is 334 g/mol. The molecule has 1 heterocycles. The van der Waals surface area contributed by atoms with Gasteiger partial charge in [-0.1, -0.05) is 48.0 Å². The smallest absolute Gasteiger partial charge is 0.243 e. The summed E-state index contributed by atoms with van der Waals surface area (Å²) >= 11 is 0. The molecule has 2 atom stereocenters. The topological polar surface area (TPSA) is 57.6 Å². The summed E-state index contributed by atoms with van der Waals surface area (Å²) in [6.45, 7) is 3.09. The molecule has 0 unspecified atom stereocenters. The van der Waals surface area contributed by atoms with E-state index in [2.05, 4.69) is 12.1 Å². The summed E-state index contributed by atoms with van der Waals surface area (Å²) in [5, 5.41) is 9.18. The van der Waals surface area contributed by atoms with Gasteiger partial charge in [-0.2, -0.15) is 4.31 Å². The van der Waals surface area contributed by atoms with E-state index in [9.17, 15) is 13.5 Å². The lowest BCUT2D eigenvalue weighted by molar-refractivity contribution is 0.269. The molecule has 2 aromatic carbocycles. The first-order valence-electron chi connectivity index (χ1n) is 8.75. The number of hydrogen-bond donors (Lipinski definition) is 1. The zero-order valence-electron chi connectivity index (χ0n) is 14.5. The highest BCUT2D eigenvalue weighted by molar-refractivity contribution is 7.89. The minimum atomic E-state index is -3.48. The van der Waals surface area contributed by atoms with E-state index in [4.69, 9.17) is 0 Å². The zero-order chi connectivity index (χ0) is 17.9. The Morgan fingerprint density at radius 2 is 1.72 bits per heavy atom. The standard InChI is InChI=1S/C20H25NO3S/c1-16-9-11-19(12-10-16)25(23,24)21-14-18(8-5-13-22)20(15-21)17-6-3-2-4-7-17/h2-4,6-7,9-12,18,20,22H,5,8,13-15H2,1H3/t18-,20+/m0/s1. The third kappa shape index (κ3) is 3.94. The molecule has 3 rings (SSSR count). The maximum Gasteiger partial charge on any atom is 0.243 e. The van der Waals surface area contributed by atoms with Gasteiger partial charge in [0.25, 0.3) is 0 Å². The van der Waals surface area contributed by atoms with E-state index in [1.54, 1.807) is 16.4 Å². The van der Waals surface area contributed by atoms with Gasteiger partial charge in [0.15, 0.2) is 0 Å². The van der Waals surface area contributed by atoms with Gasteiger partial charge in [-0.3, -0.25) is 0 Å². The molecule has 4 nitrogen and oxygen atoms in total. The van der Waals surface area contributed by atoms with Crippen molar-refractivity contribution in [2.24, 2.45) is 5.92 Å². The largest absolute Gasteiger partial charge is 0.396 e. The molecule has 0 saturated carbocycles. The summed E-state index contributed by atoms with van der Waals surface area (Å²) in [4.78, 5) is 0.354. The van der Waals surface area contributed by atoms with Crippen LogP contribution in [0.2, 0.25) is 0 Å². The SMILES string of the molecule is Cc1ccc(S(=O)(=O)N2C[C@H](CCCO)[C@@H](c3ccccc3)C2)cc1. The van der Waals surface area contributed by atoms with Crippen LogP contribution in [-0.4, -0.2) is 37.5 Å². The first-order chi connectivity index (χ1) is 12.0. The molecule has 25 heavy (non-hydrogen) atoms. The average molecular weight is 359 g/mol. The summed E-state index contributed by atoms with van der Waals surface area (Å²) in [6.07, 6.45) is 1.53. The van der Waals surface area contributed by atoms with Crippen LogP contribution in [-0.2, 0) is 10.0 Å². The van der Waals surface area contributed by atoms with Crippen molar-refractivity contribution in [3.63, 3.8) is 0 Å². The Labute approximate surface area is 150 Å². The van der Waals surface area contributed by atoms with Crippen molar-refractivity contribution < 1.29 is 13.5 Å². The summed E-state index contributed by atoms with van der Waals surface area (Å²) < 4.78 is 27.6. The Balaban J connectivity index is 1.86. The molecule has 1 aliphatic rings. The second-order valence-electron chi connectivity index (χ2n) is 6.78. The van der Waals surface area contributed by atoms with E-state index >= 15 is 0 Å². The Bertz CT molecular complexity index is 787. The number of sulfonamides is 1. The fourth-order valence-electron chi connectivity index (χ4n) is 3.61. The Morgan fingerprint density at radius 1 is 1.04 bits per heavy atom. The van der Waals surface area contributed by atoms with Crippen LogP contribution >= 0.6 is 0 Å². The number of aliphatic hydroxyl groups is 1. The Kier molecular flexibility index (Phi) is 5.57. The lowest BCUT2D eigenvalue weighted by Gasteiger charge is -2.18. The number of nitrogens with zero attached hydrogens (tertiary/aromatic N) is 1. The molecule has 1 N–H and O–H groups in total. The van der Waals surface area contributed by atoms with E-state index in [0.29, 0.717) is 24.4 Å². The van der Waals surface area contributed by atoms with Crippen LogP contribution in [0.5, 0.6) is 0 Å². The molecule has 134 valence electrons. The molecule has 0 spiro atoms. The van der Waals surface area contributed by atoms with Crippen molar-refractivity contribution in [3.05, 3.63) is 65.7 Å². The maximum atomic E-state index is 13.0. The number of rotatable bonds is 6. The molecule has 1 aliphatic heterocycles. The van der Waals surface area contributed by atoms with Crippen molar-refractivity contribution in [1.82, 2.24) is 4.31 Å². The van der Waals surface area contributed by atoms with Crippen LogP contribution in [0.1, 0.15) is 29.9 Å². The van der Waals surface area contributed by atoms with E-state index in [1.165, 1.54) is 5.56 Å². The van der Waals surface area contributed by atoms with Gasteiger partial charge in [0.1, 0.15) is 0 Å². The van der Waals surface area contributed by atoms with Crippen LogP contribution in [0.3, 0.4) is 0 Å². The highest BCUT2D eigenvalue weighted by Gasteiger charge is 2.39. The Hall–Kier alpha value is -1.69. The third-order valence-corrected chi connectivity index (χ3v) is 6.87. The van der Waals surface area contributed by atoms with Crippen molar-refractivity contribution in [2.75, 3.05) is 19.7 Å². The fraction of sp³-hybridized carbons (Fsp3) is 0.400. The molecular formula is C20H25NO3S. The van der Waals surface area contributed by atoms with Gasteiger partial charge in [0, 0.05) is 25.6 Å². The van der Waals surface area contributed by atoms with Crippen LogP contribution < -0.4 is 0 Å². The molecule has 1 saturated heterocycles. The second kappa shape index (κ2) is 7.68. The van der Waals surface area contributed by atoms with Crippen LogP contribution in [0.4, 0.5) is 0 Å². The summed E-state index contributed by atoms with van der Waals surface area (Å²) in [5.74, 6) is 0.405. The van der Waals surface area contributed by atoms with Crippen molar-refractivity contribution in [1.29, 1.82) is 0 Å². The van der Waals surface area contributed by atoms with Gasteiger partial charge < -0.3 is 5.11 Å². The monoisotopic (exact) mass is 359 g/mol. The highest BCUT2D eigenvalue weighted by Crippen LogP contribution is 2.38. The van der Waals surface area contributed by atoms with E-state index < -0.39 is 10.0 Å². The van der Waals surface area contributed by atoms with E-state index in [1.807, 2.05) is 37.3 Å². The van der Waals surface area contributed by atoms with Crippen LogP contribution in [0, 0.1) is 12.8 Å². The first kappa shape index (κ1) is 18.1. The molecule has 0 bridgehead atoms. The zero-order valence-corrected chi connectivity index (χ0v) is 15.3. The molecule has 1 fully saturated rings. The van der Waals surface area contributed by atoms with Gasteiger partial charge in [-0.05, 0) is 43.4 Å². The lowest BCUT2D eigenvalue weighted by Crippen LogP contribution is -2.29. The molecule has 0 radical (unpaired) electrons. The highest BCUT2D eigenvalue weighted by atomic mass is 32.2. The van der Waals surface area contributed by atoms with Gasteiger partial charge >= 0.3 is 0 Å². The second-order valence-corrected chi connectivity index (χ2v) is 8.72. The number of aliphatic hydroxyl groups excluding tert-OH is 1. The normalized spacial score (nSPS) is 21.5. The molecule has 5 heteroatoms.